The lowest BCUT2D eigenvalue weighted by Crippen LogP contribution is -2.43. The van der Waals surface area contributed by atoms with Gasteiger partial charge in [0.05, 0.1) is 0 Å². The lowest BCUT2D eigenvalue weighted by molar-refractivity contribution is 0.164. The number of nitrogens with zero attached hydrogens (tertiary/aromatic N) is 1. The average Bonchev–Trinajstić information content (AvgIpc) is 3.13. The van der Waals surface area contributed by atoms with Crippen molar-refractivity contribution in [2.45, 2.75) is 72.4 Å². The third-order valence-electron chi connectivity index (χ3n) is 4.25. The molecule has 1 N–H and O–H groups in total. The van der Waals surface area contributed by atoms with Gasteiger partial charge in [0.1, 0.15) is 0 Å². The highest BCUT2D eigenvalue weighted by Crippen LogP contribution is 2.32. The van der Waals surface area contributed by atoms with Crippen LogP contribution < -0.4 is 5.32 Å². The van der Waals surface area contributed by atoms with Crippen molar-refractivity contribution in [3.05, 3.63) is 0 Å². The van der Waals surface area contributed by atoms with Crippen LogP contribution in [0.1, 0.15) is 60.3 Å². The standard InChI is InChI=1S/C16H34N2/c1-6-16(7-2)18(12-13(3)4)11-10-17-14(5)15-8-9-15/h13-17H,6-12H2,1-5H3. The van der Waals surface area contributed by atoms with Crippen molar-refractivity contribution < 1.29 is 0 Å². The van der Waals surface area contributed by atoms with Crippen LogP contribution in [0.3, 0.4) is 0 Å². The predicted molar refractivity (Wildman–Crippen MR) is 81.0 cm³/mol. The average molecular weight is 254 g/mol. The lowest BCUT2D eigenvalue weighted by Gasteiger charge is -2.32. The Kier molecular flexibility index (Phi) is 7.25. The normalized spacial score (nSPS) is 18.0. The number of rotatable bonds is 10. The molecule has 0 radical (unpaired) electrons. The second-order valence-corrected chi connectivity index (χ2v) is 6.44. The molecule has 0 aromatic heterocycles. The van der Waals surface area contributed by atoms with Crippen LogP contribution in [0.25, 0.3) is 0 Å². The van der Waals surface area contributed by atoms with Crippen LogP contribution in [0.2, 0.25) is 0 Å². The zero-order valence-electron chi connectivity index (χ0n) is 13.2. The van der Waals surface area contributed by atoms with Crippen molar-refractivity contribution in [1.29, 1.82) is 0 Å². The van der Waals surface area contributed by atoms with Crippen molar-refractivity contribution >= 4 is 0 Å². The summed E-state index contributed by atoms with van der Waals surface area (Å²) in [5.74, 6) is 1.74. The first-order valence-electron chi connectivity index (χ1n) is 8.05. The van der Waals surface area contributed by atoms with Crippen LogP contribution >= 0.6 is 0 Å². The van der Waals surface area contributed by atoms with Gasteiger partial charge in [-0.05, 0) is 44.4 Å². The van der Waals surface area contributed by atoms with Gasteiger partial charge in [-0.25, -0.2) is 0 Å². The third-order valence-corrected chi connectivity index (χ3v) is 4.25. The van der Waals surface area contributed by atoms with E-state index in [0.29, 0.717) is 0 Å². The molecule has 0 saturated heterocycles. The van der Waals surface area contributed by atoms with Crippen LogP contribution in [-0.4, -0.2) is 36.6 Å². The first-order chi connectivity index (χ1) is 8.58. The van der Waals surface area contributed by atoms with E-state index >= 15 is 0 Å². The van der Waals surface area contributed by atoms with E-state index in [-0.39, 0.29) is 0 Å². The lowest BCUT2D eigenvalue weighted by atomic mass is 10.1. The molecule has 1 rings (SSSR count). The zero-order chi connectivity index (χ0) is 13.5. The van der Waals surface area contributed by atoms with Gasteiger partial charge in [0.2, 0.25) is 0 Å². The Bertz CT molecular complexity index is 207. The Labute approximate surface area is 115 Å². The molecule has 1 aliphatic carbocycles. The molecule has 0 aliphatic heterocycles. The van der Waals surface area contributed by atoms with Gasteiger partial charge in [-0.1, -0.05) is 27.7 Å². The minimum Gasteiger partial charge on any atom is -0.313 e. The van der Waals surface area contributed by atoms with E-state index in [1.807, 2.05) is 0 Å². The summed E-state index contributed by atoms with van der Waals surface area (Å²) in [5.41, 5.74) is 0. The van der Waals surface area contributed by atoms with E-state index in [0.717, 1.165) is 30.5 Å². The molecule has 1 aliphatic rings. The van der Waals surface area contributed by atoms with Crippen molar-refractivity contribution in [3.63, 3.8) is 0 Å². The molecule has 0 heterocycles. The predicted octanol–water partition coefficient (Wildman–Crippen LogP) is 3.52. The summed E-state index contributed by atoms with van der Waals surface area (Å²) >= 11 is 0. The van der Waals surface area contributed by atoms with Gasteiger partial charge in [0.15, 0.2) is 0 Å². The highest BCUT2D eigenvalue weighted by atomic mass is 15.2. The van der Waals surface area contributed by atoms with Crippen LogP contribution in [0.4, 0.5) is 0 Å². The highest BCUT2D eigenvalue weighted by Gasteiger charge is 2.27. The van der Waals surface area contributed by atoms with Crippen LogP contribution in [0.15, 0.2) is 0 Å². The van der Waals surface area contributed by atoms with E-state index in [4.69, 9.17) is 0 Å². The molecule has 1 fully saturated rings. The summed E-state index contributed by atoms with van der Waals surface area (Å²) in [6, 6.07) is 1.50. The molecule has 1 atom stereocenters. The fraction of sp³-hybridized carbons (Fsp3) is 1.00. The van der Waals surface area contributed by atoms with E-state index in [2.05, 4.69) is 44.8 Å². The quantitative estimate of drug-likeness (QED) is 0.642. The minimum atomic E-state index is 0.729. The summed E-state index contributed by atoms with van der Waals surface area (Å²) in [5, 5.41) is 3.71. The zero-order valence-corrected chi connectivity index (χ0v) is 13.2. The van der Waals surface area contributed by atoms with E-state index in [1.165, 1.54) is 38.8 Å². The molecule has 108 valence electrons. The SMILES string of the molecule is CCC(CC)N(CCNC(C)C1CC1)CC(C)C. The summed E-state index contributed by atoms with van der Waals surface area (Å²) in [6.45, 7) is 15.3. The second kappa shape index (κ2) is 8.16. The Morgan fingerprint density at radius 3 is 2.17 bits per heavy atom. The maximum absolute atomic E-state index is 3.71. The number of hydrogen-bond acceptors (Lipinski definition) is 2. The number of nitrogens with one attached hydrogen (secondary N) is 1. The van der Waals surface area contributed by atoms with Gasteiger partial charge < -0.3 is 5.32 Å². The fourth-order valence-corrected chi connectivity index (χ4v) is 2.90. The topological polar surface area (TPSA) is 15.3 Å². The van der Waals surface area contributed by atoms with Gasteiger partial charge in [-0.3, -0.25) is 4.90 Å². The van der Waals surface area contributed by atoms with Gasteiger partial charge in [0.25, 0.3) is 0 Å². The van der Waals surface area contributed by atoms with Crippen molar-refractivity contribution in [2.75, 3.05) is 19.6 Å². The van der Waals surface area contributed by atoms with Crippen LogP contribution in [0.5, 0.6) is 0 Å². The van der Waals surface area contributed by atoms with Crippen molar-refractivity contribution in [1.82, 2.24) is 10.2 Å². The summed E-state index contributed by atoms with van der Waals surface area (Å²) in [7, 11) is 0. The molecule has 0 amide bonds. The molecule has 0 bridgehead atoms. The fourth-order valence-electron chi connectivity index (χ4n) is 2.90. The second-order valence-electron chi connectivity index (χ2n) is 6.44. The largest absolute Gasteiger partial charge is 0.313 e. The molecule has 2 heteroatoms. The van der Waals surface area contributed by atoms with Crippen LogP contribution in [0, 0.1) is 11.8 Å². The van der Waals surface area contributed by atoms with Crippen molar-refractivity contribution in [2.24, 2.45) is 11.8 Å². The molecule has 2 nitrogen and oxygen atoms in total. The third kappa shape index (κ3) is 5.71. The summed E-state index contributed by atoms with van der Waals surface area (Å²) in [4.78, 5) is 2.69. The van der Waals surface area contributed by atoms with Gasteiger partial charge >= 0.3 is 0 Å². The van der Waals surface area contributed by atoms with E-state index in [9.17, 15) is 0 Å². The Morgan fingerprint density at radius 1 is 1.11 bits per heavy atom. The maximum Gasteiger partial charge on any atom is 0.0110 e. The molecule has 0 aromatic carbocycles. The highest BCUT2D eigenvalue weighted by molar-refractivity contribution is 4.83. The summed E-state index contributed by atoms with van der Waals surface area (Å²) in [6.07, 6.45) is 5.44. The summed E-state index contributed by atoms with van der Waals surface area (Å²) < 4.78 is 0. The Morgan fingerprint density at radius 2 is 1.72 bits per heavy atom. The Balaban J connectivity index is 2.29. The smallest absolute Gasteiger partial charge is 0.0110 e. The van der Waals surface area contributed by atoms with Gasteiger partial charge in [-0.2, -0.15) is 0 Å². The Hall–Kier alpha value is -0.0800. The van der Waals surface area contributed by atoms with E-state index in [1.54, 1.807) is 0 Å². The maximum atomic E-state index is 3.71. The number of hydrogen-bond donors (Lipinski definition) is 1. The van der Waals surface area contributed by atoms with Crippen molar-refractivity contribution in [3.8, 4) is 0 Å². The first-order valence-corrected chi connectivity index (χ1v) is 8.05. The molecule has 1 saturated carbocycles. The van der Waals surface area contributed by atoms with E-state index < -0.39 is 0 Å². The van der Waals surface area contributed by atoms with Crippen LogP contribution in [-0.2, 0) is 0 Å². The molecule has 0 aromatic rings. The minimum absolute atomic E-state index is 0.729. The van der Waals surface area contributed by atoms with Gasteiger partial charge in [0, 0.05) is 31.7 Å². The molecule has 0 spiro atoms. The molecular formula is C16H34N2. The van der Waals surface area contributed by atoms with Gasteiger partial charge in [-0.15, -0.1) is 0 Å². The first kappa shape index (κ1) is 16.0. The monoisotopic (exact) mass is 254 g/mol. The molecule has 18 heavy (non-hydrogen) atoms. The molecular weight excluding hydrogens is 220 g/mol. The molecule has 1 unspecified atom stereocenters.